The molecule has 1 fully saturated rings. The van der Waals surface area contributed by atoms with Gasteiger partial charge >= 0.3 is 0 Å². The van der Waals surface area contributed by atoms with Gasteiger partial charge in [0.15, 0.2) is 0 Å². The maximum absolute atomic E-state index is 11.8. The molecule has 106 valence electrons. The topological polar surface area (TPSA) is 89.3 Å². The fraction of sp³-hybridized carbons (Fsp3) is 0.500. The summed E-state index contributed by atoms with van der Waals surface area (Å²) in [5, 5.41) is 13.6. The average molecular weight is 274 g/mol. The van der Waals surface area contributed by atoms with Crippen molar-refractivity contribution in [1.82, 2.24) is 4.90 Å². The van der Waals surface area contributed by atoms with Crippen LogP contribution >= 0.6 is 0 Å². The number of rotatable bonds is 6. The molecule has 2 unspecified atom stereocenters. The van der Waals surface area contributed by atoms with Crippen LogP contribution in [0.3, 0.4) is 0 Å². The lowest BCUT2D eigenvalue weighted by Crippen LogP contribution is -2.27. The van der Waals surface area contributed by atoms with E-state index in [4.69, 9.17) is 5.53 Å². The predicted molar refractivity (Wildman–Crippen MR) is 74.7 cm³/mol. The van der Waals surface area contributed by atoms with E-state index in [1.165, 1.54) is 0 Å². The van der Waals surface area contributed by atoms with Gasteiger partial charge in [-0.1, -0.05) is 35.4 Å². The molecule has 1 N–H and O–H groups in total. The van der Waals surface area contributed by atoms with Gasteiger partial charge in [0, 0.05) is 31.0 Å². The monoisotopic (exact) mass is 274 g/mol. The molecule has 0 spiro atoms. The van der Waals surface area contributed by atoms with Gasteiger partial charge in [0.05, 0.1) is 6.10 Å². The van der Waals surface area contributed by atoms with Crippen molar-refractivity contribution in [1.29, 1.82) is 0 Å². The molecule has 1 heterocycles. The van der Waals surface area contributed by atoms with Gasteiger partial charge in [0.2, 0.25) is 5.91 Å². The average Bonchev–Trinajstić information content (AvgIpc) is 2.83. The number of hydrogen-bond acceptors (Lipinski definition) is 3. The fourth-order valence-electron chi connectivity index (χ4n) is 2.46. The Morgan fingerprint density at radius 2 is 2.20 bits per heavy atom. The standard InChI is InChI=1S/C14H18N4O2/c15-17-16-9-11-8-14(20)18(10-11)7-6-13(19)12-4-2-1-3-5-12/h1-5,11,13,19H,6-10H2. The smallest absolute Gasteiger partial charge is 0.222 e. The zero-order valence-electron chi connectivity index (χ0n) is 11.2. The highest BCUT2D eigenvalue weighted by Gasteiger charge is 2.29. The summed E-state index contributed by atoms with van der Waals surface area (Å²) in [4.78, 5) is 16.3. The molecule has 1 aliphatic rings. The SMILES string of the molecule is [N-]=[N+]=NCC1CC(=O)N(CCC(O)c2ccccc2)C1. The molecule has 2 atom stereocenters. The highest BCUT2D eigenvalue weighted by atomic mass is 16.3. The van der Waals surface area contributed by atoms with Crippen LogP contribution in [0.15, 0.2) is 35.4 Å². The van der Waals surface area contributed by atoms with E-state index in [0.29, 0.717) is 32.5 Å². The first-order valence-corrected chi connectivity index (χ1v) is 6.72. The van der Waals surface area contributed by atoms with Crippen molar-refractivity contribution in [3.05, 3.63) is 46.3 Å². The molecule has 0 aliphatic carbocycles. The zero-order valence-corrected chi connectivity index (χ0v) is 11.2. The van der Waals surface area contributed by atoms with Gasteiger partial charge in [-0.15, -0.1) is 0 Å². The van der Waals surface area contributed by atoms with E-state index in [1.54, 1.807) is 4.90 Å². The van der Waals surface area contributed by atoms with E-state index < -0.39 is 6.10 Å². The number of likely N-dealkylation sites (tertiary alicyclic amines) is 1. The summed E-state index contributed by atoms with van der Waals surface area (Å²) in [6.07, 6.45) is 0.393. The highest BCUT2D eigenvalue weighted by Crippen LogP contribution is 2.21. The molecule has 0 radical (unpaired) electrons. The van der Waals surface area contributed by atoms with Gasteiger partial charge in [-0.05, 0) is 23.4 Å². The number of azide groups is 1. The van der Waals surface area contributed by atoms with E-state index in [1.807, 2.05) is 30.3 Å². The van der Waals surface area contributed by atoms with Gasteiger partial charge < -0.3 is 10.0 Å². The second kappa shape index (κ2) is 6.93. The van der Waals surface area contributed by atoms with Gasteiger partial charge in [0.25, 0.3) is 0 Å². The Kier molecular flexibility index (Phi) is 4.98. The predicted octanol–water partition coefficient (Wildman–Crippen LogP) is 2.27. The van der Waals surface area contributed by atoms with E-state index in [9.17, 15) is 9.90 Å². The Hall–Kier alpha value is -2.04. The van der Waals surface area contributed by atoms with Crippen LogP contribution in [-0.2, 0) is 4.79 Å². The van der Waals surface area contributed by atoms with Crippen molar-refractivity contribution in [3.63, 3.8) is 0 Å². The Morgan fingerprint density at radius 1 is 1.45 bits per heavy atom. The number of hydrogen-bond donors (Lipinski definition) is 1. The summed E-state index contributed by atoms with van der Waals surface area (Å²) < 4.78 is 0. The number of aliphatic hydroxyl groups excluding tert-OH is 1. The lowest BCUT2D eigenvalue weighted by molar-refractivity contribution is -0.128. The lowest BCUT2D eigenvalue weighted by atomic mass is 10.1. The molecular weight excluding hydrogens is 256 g/mol. The third-order valence-electron chi connectivity index (χ3n) is 3.55. The normalized spacial score (nSPS) is 19.8. The molecule has 1 amide bonds. The molecule has 6 heteroatoms. The largest absolute Gasteiger partial charge is 0.388 e. The molecule has 1 aromatic carbocycles. The molecule has 0 saturated carbocycles. The van der Waals surface area contributed by atoms with Gasteiger partial charge in [-0.25, -0.2) is 0 Å². The zero-order chi connectivity index (χ0) is 14.4. The minimum Gasteiger partial charge on any atom is -0.388 e. The molecule has 0 aromatic heterocycles. The third kappa shape index (κ3) is 3.73. The summed E-state index contributed by atoms with van der Waals surface area (Å²) in [6.45, 7) is 1.50. The first-order valence-electron chi connectivity index (χ1n) is 6.72. The number of carbonyl (C=O) groups is 1. The maximum atomic E-state index is 11.8. The lowest BCUT2D eigenvalue weighted by Gasteiger charge is -2.19. The number of benzene rings is 1. The van der Waals surface area contributed by atoms with Crippen LogP contribution in [0.25, 0.3) is 10.4 Å². The Morgan fingerprint density at radius 3 is 2.90 bits per heavy atom. The molecular formula is C14H18N4O2. The fourth-order valence-corrected chi connectivity index (χ4v) is 2.46. The molecule has 1 aliphatic heterocycles. The minimum absolute atomic E-state index is 0.0726. The Bertz CT molecular complexity index is 499. The number of amides is 1. The van der Waals surface area contributed by atoms with Crippen LogP contribution in [0, 0.1) is 5.92 Å². The van der Waals surface area contributed by atoms with Crippen LogP contribution < -0.4 is 0 Å². The van der Waals surface area contributed by atoms with Crippen molar-refractivity contribution < 1.29 is 9.90 Å². The molecule has 1 aromatic rings. The molecule has 6 nitrogen and oxygen atoms in total. The van der Waals surface area contributed by atoms with E-state index >= 15 is 0 Å². The maximum Gasteiger partial charge on any atom is 0.222 e. The van der Waals surface area contributed by atoms with Crippen LogP contribution in [0.5, 0.6) is 0 Å². The molecule has 0 bridgehead atoms. The summed E-state index contributed by atoms with van der Waals surface area (Å²) in [5.41, 5.74) is 9.15. The molecule has 1 saturated heterocycles. The molecule has 2 rings (SSSR count). The van der Waals surface area contributed by atoms with Crippen molar-refractivity contribution in [2.24, 2.45) is 11.0 Å². The van der Waals surface area contributed by atoms with Gasteiger partial charge in [0.1, 0.15) is 0 Å². The van der Waals surface area contributed by atoms with Crippen LogP contribution in [0.1, 0.15) is 24.5 Å². The van der Waals surface area contributed by atoms with Crippen molar-refractivity contribution >= 4 is 5.91 Å². The second-order valence-corrected chi connectivity index (χ2v) is 5.04. The summed E-state index contributed by atoms with van der Waals surface area (Å²) in [6, 6.07) is 9.42. The summed E-state index contributed by atoms with van der Waals surface area (Å²) in [7, 11) is 0. The number of nitrogens with zero attached hydrogens (tertiary/aromatic N) is 4. The van der Waals surface area contributed by atoms with Crippen molar-refractivity contribution in [2.75, 3.05) is 19.6 Å². The Balaban J connectivity index is 1.82. The summed E-state index contributed by atoms with van der Waals surface area (Å²) in [5.74, 6) is 0.177. The van der Waals surface area contributed by atoms with Crippen LogP contribution in [0.4, 0.5) is 0 Å². The second-order valence-electron chi connectivity index (χ2n) is 5.04. The quantitative estimate of drug-likeness (QED) is 0.490. The summed E-state index contributed by atoms with van der Waals surface area (Å²) >= 11 is 0. The first kappa shape index (κ1) is 14.4. The van der Waals surface area contributed by atoms with Crippen LogP contribution in [0.2, 0.25) is 0 Å². The van der Waals surface area contributed by atoms with Gasteiger partial charge in [-0.3, -0.25) is 4.79 Å². The van der Waals surface area contributed by atoms with E-state index in [0.717, 1.165) is 5.56 Å². The first-order chi connectivity index (χ1) is 9.70. The van der Waals surface area contributed by atoms with Crippen LogP contribution in [-0.4, -0.2) is 35.5 Å². The third-order valence-corrected chi connectivity index (χ3v) is 3.55. The number of aliphatic hydroxyl groups is 1. The van der Waals surface area contributed by atoms with Gasteiger partial charge in [-0.2, -0.15) is 0 Å². The number of carbonyl (C=O) groups excluding carboxylic acids is 1. The molecule has 20 heavy (non-hydrogen) atoms. The van der Waals surface area contributed by atoms with Crippen molar-refractivity contribution in [2.45, 2.75) is 18.9 Å². The minimum atomic E-state index is -0.555. The van der Waals surface area contributed by atoms with Crippen molar-refractivity contribution in [3.8, 4) is 0 Å². The highest BCUT2D eigenvalue weighted by molar-refractivity contribution is 5.78. The van der Waals surface area contributed by atoms with E-state index in [2.05, 4.69) is 10.0 Å². The van der Waals surface area contributed by atoms with E-state index in [-0.39, 0.29) is 11.8 Å². The Labute approximate surface area is 117 Å².